The summed E-state index contributed by atoms with van der Waals surface area (Å²) in [6.45, 7) is 0.456. The van der Waals surface area contributed by atoms with Crippen molar-refractivity contribution in [1.29, 1.82) is 0 Å². The van der Waals surface area contributed by atoms with Crippen molar-refractivity contribution in [2.24, 2.45) is 0 Å². The molecule has 0 saturated carbocycles. The predicted octanol–water partition coefficient (Wildman–Crippen LogP) is 2.52. The normalized spacial score (nSPS) is 10.3. The summed E-state index contributed by atoms with van der Waals surface area (Å²) in [7, 11) is 0. The highest BCUT2D eigenvalue weighted by Gasteiger charge is 2.05. The van der Waals surface area contributed by atoms with Crippen molar-refractivity contribution in [2.45, 2.75) is 13.0 Å². The summed E-state index contributed by atoms with van der Waals surface area (Å²) in [6, 6.07) is 6.28. The van der Waals surface area contributed by atoms with Crippen LogP contribution in [0.3, 0.4) is 0 Å². The molecule has 0 aliphatic heterocycles. The zero-order valence-corrected chi connectivity index (χ0v) is 10.2. The van der Waals surface area contributed by atoms with Crippen LogP contribution in [0.15, 0.2) is 29.6 Å². The fourth-order valence-electron chi connectivity index (χ4n) is 1.45. The number of halogens is 1. The van der Waals surface area contributed by atoms with Gasteiger partial charge in [-0.15, -0.1) is 11.3 Å². The van der Waals surface area contributed by atoms with Gasteiger partial charge >= 0.3 is 5.97 Å². The summed E-state index contributed by atoms with van der Waals surface area (Å²) in [4.78, 5) is 14.6. The number of carboxylic acid groups (broad SMARTS) is 1. The van der Waals surface area contributed by atoms with Crippen molar-refractivity contribution in [3.63, 3.8) is 0 Å². The van der Waals surface area contributed by atoms with Crippen LogP contribution >= 0.6 is 11.3 Å². The van der Waals surface area contributed by atoms with Crippen LogP contribution in [-0.4, -0.2) is 16.1 Å². The molecule has 0 atom stereocenters. The molecule has 0 aliphatic carbocycles. The molecule has 1 heterocycles. The molecular weight excluding hydrogens is 255 g/mol. The van der Waals surface area contributed by atoms with E-state index in [-0.39, 0.29) is 12.2 Å². The maximum atomic E-state index is 12.9. The minimum absolute atomic E-state index is 0.0852. The second kappa shape index (κ2) is 5.59. The fraction of sp³-hybridized carbons (Fsp3) is 0.167. The Morgan fingerprint density at radius 2 is 2.33 bits per heavy atom. The van der Waals surface area contributed by atoms with Gasteiger partial charge in [0, 0.05) is 11.9 Å². The third kappa shape index (κ3) is 3.53. The van der Waals surface area contributed by atoms with E-state index in [0.29, 0.717) is 17.4 Å². The van der Waals surface area contributed by atoms with E-state index in [4.69, 9.17) is 5.11 Å². The molecule has 1 aromatic carbocycles. The van der Waals surface area contributed by atoms with Crippen LogP contribution in [-0.2, 0) is 17.8 Å². The molecular formula is C12H11FN2O2S. The lowest BCUT2D eigenvalue weighted by molar-refractivity contribution is -0.136. The Kier molecular flexibility index (Phi) is 3.88. The number of anilines is 1. The third-order valence-electron chi connectivity index (χ3n) is 2.22. The molecule has 0 bridgehead atoms. The molecule has 2 aromatic rings. The molecule has 0 aliphatic rings. The molecule has 6 heteroatoms. The first-order valence-corrected chi connectivity index (χ1v) is 6.16. The summed E-state index contributed by atoms with van der Waals surface area (Å²) in [5.41, 5.74) is 1.33. The fourth-order valence-corrected chi connectivity index (χ4v) is 2.16. The van der Waals surface area contributed by atoms with Crippen LogP contribution in [0, 0.1) is 5.82 Å². The molecule has 2 rings (SSSR count). The monoisotopic (exact) mass is 266 g/mol. The van der Waals surface area contributed by atoms with Crippen molar-refractivity contribution >= 4 is 22.4 Å². The number of aromatic nitrogens is 1. The number of rotatable bonds is 5. The van der Waals surface area contributed by atoms with Gasteiger partial charge in [-0.2, -0.15) is 0 Å². The second-order valence-electron chi connectivity index (χ2n) is 3.70. The molecule has 0 spiro atoms. The molecule has 0 fully saturated rings. The molecule has 2 N–H and O–H groups in total. The van der Waals surface area contributed by atoms with Gasteiger partial charge in [-0.3, -0.25) is 4.79 Å². The van der Waals surface area contributed by atoms with Gasteiger partial charge in [-0.05, 0) is 17.7 Å². The van der Waals surface area contributed by atoms with Crippen molar-refractivity contribution in [1.82, 2.24) is 4.98 Å². The zero-order valence-electron chi connectivity index (χ0n) is 9.39. The Balaban J connectivity index is 1.94. The van der Waals surface area contributed by atoms with Crippen molar-refractivity contribution in [3.05, 3.63) is 46.7 Å². The lowest BCUT2D eigenvalue weighted by Gasteiger charge is -2.02. The van der Waals surface area contributed by atoms with E-state index in [1.165, 1.54) is 23.5 Å². The van der Waals surface area contributed by atoms with Crippen LogP contribution < -0.4 is 5.32 Å². The third-order valence-corrected chi connectivity index (χ3v) is 3.07. The highest BCUT2D eigenvalue weighted by Crippen LogP contribution is 2.17. The van der Waals surface area contributed by atoms with E-state index < -0.39 is 5.97 Å². The Hall–Kier alpha value is -1.95. The van der Waals surface area contributed by atoms with Crippen LogP contribution in [0.4, 0.5) is 9.52 Å². The first kappa shape index (κ1) is 12.5. The van der Waals surface area contributed by atoms with Crippen molar-refractivity contribution in [2.75, 3.05) is 5.32 Å². The van der Waals surface area contributed by atoms with Gasteiger partial charge in [0.05, 0.1) is 12.1 Å². The molecule has 0 unspecified atom stereocenters. The first-order chi connectivity index (χ1) is 8.63. The van der Waals surface area contributed by atoms with E-state index in [9.17, 15) is 9.18 Å². The summed E-state index contributed by atoms with van der Waals surface area (Å²) in [6.07, 6.45) is -0.0852. The van der Waals surface area contributed by atoms with Crippen molar-refractivity contribution in [3.8, 4) is 0 Å². The largest absolute Gasteiger partial charge is 0.481 e. The van der Waals surface area contributed by atoms with E-state index in [0.717, 1.165) is 5.56 Å². The van der Waals surface area contributed by atoms with Gasteiger partial charge in [0.1, 0.15) is 5.82 Å². The summed E-state index contributed by atoms with van der Waals surface area (Å²) < 4.78 is 12.9. The molecule has 0 amide bonds. The smallest absolute Gasteiger partial charge is 0.309 e. The highest BCUT2D eigenvalue weighted by molar-refractivity contribution is 7.13. The molecule has 1 aromatic heterocycles. The van der Waals surface area contributed by atoms with E-state index in [2.05, 4.69) is 10.3 Å². The number of thiazole rings is 1. The molecule has 4 nitrogen and oxygen atoms in total. The van der Waals surface area contributed by atoms with Gasteiger partial charge in [0.2, 0.25) is 0 Å². The summed E-state index contributed by atoms with van der Waals surface area (Å²) in [5, 5.41) is 14.0. The Morgan fingerprint density at radius 1 is 1.50 bits per heavy atom. The molecule has 0 radical (unpaired) electrons. The number of carbonyl (C=O) groups is 1. The maximum Gasteiger partial charge on any atom is 0.309 e. The van der Waals surface area contributed by atoms with Crippen LogP contribution in [0.25, 0.3) is 0 Å². The van der Waals surface area contributed by atoms with E-state index in [1.807, 2.05) is 6.07 Å². The summed E-state index contributed by atoms with van der Waals surface area (Å²) in [5.74, 6) is -1.18. The lowest BCUT2D eigenvalue weighted by atomic mass is 10.2. The Labute approximate surface area is 107 Å². The number of benzene rings is 1. The molecule has 0 saturated heterocycles. The molecule has 94 valence electrons. The highest BCUT2D eigenvalue weighted by atomic mass is 32.1. The Bertz CT molecular complexity index is 557. The average Bonchev–Trinajstić information content (AvgIpc) is 2.73. The van der Waals surface area contributed by atoms with E-state index in [1.54, 1.807) is 11.4 Å². The number of nitrogens with zero attached hydrogens (tertiary/aromatic N) is 1. The van der Waals surface area contributed by atoms with E-state index >= 15 is 0 Å². The van der Waals surface area contributed by atoms with Crippen molar-refractivity contribution < 1.29 is 14.3 Å². The minimum Gasteiger partial charge on any atom is -0.481 e. The first-order valence-electron chi connectivity index (χ1n) is 5.28. The average molecular weight is 266 g/mol. The topological polar surface area (TPSA) is 62.2 Å². The van der Waals surface area contributed by atoms with Gasteiger partial charge in [0.15, 0.2) is 5.13 Å². The maximum absolute atomic E-state index is 12.9. The minimum atomic E-state index is -0.906. The quantitative estimate of drug-likeness (QED) is 0.873. The predicted molar refractivity (Wildman–Crippen MR) is 67.2 cm³/mol. The SMILES string of the molecule is O=C(O)Cc1csc(NCc2cccc(F)c2)n1. The number of nitrogens with one attached hydrogen (secondary N) is 1. The van der Waals surface area contributed by atoms with Gasteiger partial charge in [0.25, 0.3) is 0 Å². The van der Waals surface area contributed by atoms with Gasteiger partial charge in [-0.1, -0.05) is 12.1 Å². The lowest BCUT2D eigenvalue weighted by Crippen LogP contribution is -2.02. The number of hydrogen-bond donors (Lipinski definition) is 2. The van der Waals surface area contributed by atoms with Gasteiger partial charge < -0.3 is 10.4 Å². The van der Waals surface area contributed by atoms with Gasteiger partial charge in [-0.25, -0.2) is 9.37 Å². The van der Waals surface area contributed by atoms with Crippen LogP contribution in [0.2, 0.25) is 0 Å². The Morgan fingerprint density at radius 3 is 3.06 bits per heavy atom. The van der Waals surface area contributed by atoms with Crippen LogP contribution in [0.1, 0.15) is 11.3 Å². The molecule has 18 heavy (non-hydrogen) atoms. The van der Waals surface area contributed by atoms with Crippen LogP contribution in [0.5, 0.6) is 0 Å². The number of aliphatic carboxylic acids is 1. The zero-order chi connectivity index (χ0) is 13.0. The summed E-state index contributed by atoms with van der Waals surface area (Å²) >= 11 is 1.34. The standard InChI is InChI=1S/C12H11FN2O2S/c13-9-3-1-2-8(4-9)6-14-12-15-10(7-18-12)5-11(16)17/h1-4,7H,5-6H2,(H,14,15)(H,16,17). The second-order valence-corrected chi connectivity index (χ2v) is 4.56. The number of hydrogen-bond acceptors (Lipinski definition) is 4. The number of carboxylic acids is 1.